The van der Waals surface area contributed by atoms with E-state index in [1.54, 1.807) is 6.07 Å². The Morgan fingerprint density at radius 1 is 1.28 bits per heavy atom. The highest BCUT2D eigenvalue weighted by Gasteiger charge is 2.30. The van der Waals surface area contributed by atoms with E-state index in [0.717, 1.165) is 31.2 Å². The normalized spacial score (nSPS) is 18.8. The molecule has 29 heavy (non-hydrogen) atoms. The second-order valence-corrected chi connectivity index (χ2v) is 7.82. The van der Waals surface area contributed by atoms with Crippen molar-refractivity contribution < 1.29 is 18.7 Å². The molecule has 0 heterocycles. The molecule has 2 amide bonds. The van der Waals surface area contributed by atoms with Gasteiger partial charge in [-0.25, -0.2) is 4.39 Å². The molecule has 0 spiro atoms. The van der Waals surface area contributed by atoms with Crippen LogP contribution in [0.5, 0.6) is 5.75 Å². The summed E-state index contributed by atoms with van der Waals surface area (Å²) in [6.07, 6.45) is 10.2. The third-order valence-electron chi connectivity index (χ3n) is 5.25. The maximum absolute atomic E-state index is 13.3. The molecule has 1 aromatic rings. The monoisotopic (exact) mass is 402 g/mol. The number of hydrogen-bond donors (Lipinski definition) is 2. The SMILES string of the molecule is C#CCC(NC(=O)CCCCCOc1cc(C)cc(F)c1)C(=O)NC1CCC1C. The lowest BCUT2D eigenvalue weighted by Crippen LogP contribution is -2.53. The Morgan fingerprint density at radius 3 is 2.69 bits per heavy atom. The van der Waals surface area contributed by atoms with Crippen molar-refractivity contribution in [2.75, 3.05) is 6.61 Å². The number of amides is 2. The molecule has 1 aliphatic rings. The van der Waals surface area contributed by atoms with Crippen LogP contribution >= 0.6 is 0 Å². The number of rotatable bonds is 11. The zero-order valence-corrected chi connectivity index (χ0v) is 17.3. The molecule has 2 N–H and O–H groups in total. The molecule has 5 nitrogen and oxygen atoms in total. The molecule has 3 atom stereocenters. The van der Waals surface area contributed by atoms with Crippen molar-refractivity contribution in [2.45, 2.75) is 70.9 Å². The van der Waals surface area contributed by atoms with Gasteiger partial charge in [0.25, 0.3) is 0 Å². The second-order valence-electron chi connectivity index (χ2n) is 7.82. The van der Waals surface area contributed by atoms with Crippen molar-refractivity contribution in [2.24, 2.45) is 5.92 Å². The standard InChI is InChI=1S/C23H31FN2O3/c1-4-8-21(23(28)26-20-11-10-17(20)3)25-22(27)9-6-5-7-12-29-19-14-16(2)13-18(24)15-19/h1,13-15,17,20-21H,5-12H2,2-3H3,(H,25,27)(H,26,28). The van der Waals surface area contributed by atoms with Gasteiger partial charge in [-0.15, -0.1) is 12.3 Å². The average molecular weight is 403 g/mol. The van der Waals surface area contributed by atoms with E-state index in [9.17, 15) is 14.0 Å². The Morgan fingerprint density at radius 2 is 2.07 bits per heavy atom. The zero-order valence-electron chi connectivity index (χ0n) is 17.3. The van der Waals surface area contributed by atoms with Gasteiger partial charge in [0.1, 0.15) is 17.6 Å². The van der Waals surface area contributed by atoms with Gasteiger partial charge in [0.05, 0.1) is 6.61 Å². The summed E-state index contributed by atoms with van der Waals surface area (Å²) in [7, 11) is 0. The van der Waals surface area contributed by atoms with Gasteiger partial charge in [-0.05, 0) is 62.6 Å². The van der Waals surface area contributed by atoms with Crippen LogP contribution in [0.25, 0.3) is 0 Å². The van der Waals surface area contributed by atoms with Crippen LogP contribution in [0, 0.1) is 31.0 Å². The Hall–Kier alpha value is -2.55. The minimum atomic E-state index is -0.681. The smallest absolute Gasteiger partial charge is 0.243 e. The minimum Gasteiger partial charge on any atom is -0.493 e. The first kappa shape index (κ1) is 22.7. The van der Waals surface area contributed by atoms with Crippen molar-refractivity contribution in [3.63, 3.8) is 0 Å². The molecule has 2 rings (SSSR count). The summed E-state index contributed by atoms with van der Waals surface area (Å²) in [5, 5.41) is 5.72. The fourth-order valence-corrected chi connectivity index (χ4v) is 3.30. The number of terminal acetylenes is 1. The van der Waals surface area contributed by atoms with E-state index in [-0.39, 0.29) is 30.1 Å². The number of nitrogens with one attached hydrogen (secondary N) is 2. The molecular formula is C23H31FN2O3. The number of unbranched alkanes of at least 4 members (excludes halogenated alkanes) is 2. The van der Waals surface area contributed by atoms with Gasteiger partial charge >= 0.3 is 0 Å². The number of ether oxygens (including phenoxy) is 1. The first-order chi connectivity index (χ1) is 13.9. The number of benzene rings is 1. The van der Waals surface area contributed by atoms with Crippen molar-refractivity contribution in [3.05, 3.63) is 29.6 Å². The number of carbonyl (C=O) groups is 2. The Labute approximate surface area is 172 Å². The molecule has 0 saturated heterocycles. The third-order valence-corrected chi connectivity index (χ3v) is 5.25. The number of aryl methyl sites for hydroxylation is 1. The van der Waals surface area contributed by atoms with Crippen molar-refractivity contribution in [3.8, 4) is 18.1 Å². The Kier molecular flexibility index (Phi) is 8.98. The van der Waals surface area contributed by atoms with Crippen LogP contribution in [0.15, 0.2) is 18.2 Å². The van der Waals surface area contributed by atoms with E-state index in [1.165, 1.54) is 12.1 Å². The summed E-state index contributed by atoms with van der Waals surface area (Å²) >= 11 is 0. The predicted molar refractivity (Wildman–Crippen MR) is 111 cm³/mol. The van der Waals surface area contributed by atoms with E-state index in [2.05, 4.69) is 23.5 Å². The fourth-order valence-electron chi connectivity index (χ4n) is 3.30. The quantitative estimate of drug-likeness (QED) is 0.440. The lowest BCUT2D eigenvalue weighted by Gasteiger charge is -2.35. The van der Waals surface area contributed by atoms with Crippen LogP contribution in [0.4, 0.5) is 4.39 Å². The zero-order chi connectivity index (χ0) is 21.2. The molecule has 1 fully saturated rings. The van der Waals surface area contributed by atoms with Crippen molar-refractivity contribution in [1.82, 2.24) is 10.6 Å². The Bertz CT molecular complexity index is 724. The van der Waals surface area contributed by atoms with E-state index in [1.807, 2.05) is 6.92 Å². The van der Waals surface area contributed by atoms with Gasteiger partial charge in [0.2, 0.25) is 11.8 Å². The topological polar surface area (TPSA) is 67.4 Å². The molecule has 1 aliphatic carbocycles. The maximum Gasteiger partial charge on any atom is 0.243 e. The highest BCUT2D eigenvalue weighted by molar-refractivity contribution is 5.88. The van der Waals surface area contributed by atoms with Crippen LogP contribution in [-0.2, 0) is 9.59 Å². The highest BCUT2D eigenvalue weighted by atomic mass is 19.1. The minimum absolute atomic E-state index is 0.177. The first-order valence-corrected chi connectivity index (χ1v) is 10.3. The van der Waals surface area contributed by atoms with Crippen LogP contribution in [-0.4, -0.2) is 30.5 Å². The Balaban J connectivity index is 1.63. The second kappa shape index (κ2) is 11.5. The molecule has 0 radical (unpaired) electrons. The lowest BCUT2D eigenvalue weighted by molar-refractivity contribution is -0.130. The van der Waals surface area contributed by atoms with Gasteiger partial charge in [-0.3, -0.25) is 9.59 Å². The van der Waals surface area contributed by atoms with E-state index < -0.39 is 6.04 Å². The molecule has 6 heteroatoms. The predicted octanol–water partition coefficient (Wildman–Crippen LogP) is 3.50. The van der Waals surface area contributed by atoms with Crippen LogP contribution < -0.4 is 15.4 Å². The molecule has 158 valence electrons. The summed E-state index contributed by atoms with van der Waals surface area (Å²) in [5.41, 5.74) is 0.814. The molecule has 3 unspecified atom stereocenters. The largest absolute Gasteiger partial charge is 0.493 e. The number of halogens is 1. The van der Waals surface area contributed by atoms with E-state index in [4.69, 9.17) is 11.2 Å². The van der Waals surface area contributed by atoms with Gasteiger partial charge in [-0.1, -0.05) is 6.92 Å². The van der Waals surface area contributed by atoms with Gasteiger partial charge in [0, 0.05) is 24.9 Å². The molecular weight excluding hydrogens is 371 g/mol. The van der Waals surface area contributed by atoms with E-state index in [0.29, 0.717) is 31.1 Å². The molecule has 0 bridgehead atoms. The number of carbonyl (C=O) groups excluding carboxylic acids is 2. The fraction of sp³-hybridized carbons (Fsp3) is 0.565. The van der Waals surface area contributed by atoms with Crippen molar-refractivity contribution >= 4 is 11.8 Å². The van der Waals surface area contributed by atoms with Gasteiger partial charge in [-0.2, -0.15) is 0 Å². The molecule has 0 aliphatic heterocycles. The van der Waals surface area contributed by atoms with Crippen LogP contribution in [0.2, 0.25) is 0 Å². The van der Waals surface area contributed by atoms with Crippen LogP contribution in [0.3, 0.4) is 0 Å². The summed E-state index contributed by atoms with van der Waals surface area (Å²) in [5.74, 6) is 2.76. The summed E-state index contributed by atoms with van der Waals surface area (Å²) in [6.45, 7) is 4.38. The lowest BCUT2D eigenvalue weighted by atomic mass is 9.81. The third kappa shape index (κ3) is 7.77. The van der Waals surface area contributed by atoms with Crippen LogP contribution in [0.1, 0.15) is 57.4 Å². The molecule has 1 saturated carbocycles. The summed E-state index contributed by atoms with van der Waals surface area (Å²) in [6, 6.07) is 4.10. The van der Waals surface area contributed by atoms with Gasteiger partial charge in [0.15, 0.2) is 0 Å². The molecule has 0 aromatic heterocycles. The number of hydrogen-bond acceptors (Lipinski definition) is 3. The van der Waals surface area contributed by atoms with Gasteiger partial charge < -0.3 is 15.4 Å². The summed E-state index contributed by atoms with van der Waals surface area (Å²) in [4.78, 5) is 24.5. The van der Waals surface area contributed by atoms with Crippen molar-refractivity contribution in [1.29, 1.82) is 0 Å². The molecule has 1 aromatic carbocycles. The first-order valence-electron chi connectivity index (χ1n) is 10.3. The summed E-state index contributed by atoms with van der Waals surface area (Å²) < 4.78 is 18.9. The maximum atomic E-state index is 13.3. The highest BCUT2D eigenvalue weighted by Crippen LogP contribution is 2.26. The average Bonchev–Trinajstić information content (AvgIpc) is 2.66. The van der Waals surface area contributed by atoms with E-state index >= 15 is 0 Å².